The highest BCUT2D eigenvalue weighted by atomic mass is 79.9. The summed E-state index contributed by atoms with van der Waals surface area (Å²) in [6, 6.07) is 7.56. The SMILES string of the molecule is O=C(Nc1cccc(Nc2ncc(Br)c(NCCN3CCCCC3)n2)c1)N1CCCC1. The molecule has 2 aromatic rings. The Morgan fingerprint density at radius 3 is 2.58 bits per heavy atom. The molecule has 3 heterocycles. The van der Waals surface area contributed by atoms with Crippen LogP contribution >= 0.6 is 15.9 Å². The third kappa shape index (κ3) is 6.30. The van der Waals surface area contributed by atoms with Crippen LogP contribution in [0.1, 0.15) is 32.1 Å². The maximum absolute atomic E-state index is 12.3. The lowest BCUT2D eigenvalue weighted by atomic mass is 10.1. The highest BCUT2D eigenvalue weighted by Gasteiger charge is 2.17. The minimum Gasteiger partial charge on any atom is -0.368 e. The van der Waals surface area contributed by atoms with Gasteiger partial charge in [0.15, 0.2) is 0 Å². The fraction of sp³-hybridized carbons (Fsp3) is 0.500. The zero-order valence-electron chi connectivity index (χ0n) is 17.7. The number of nitrogens with one attached hydrogen (secondary N) is 3. The van der Waals surface area contributed by atoms with E-state index in [2.05, 4.69) is 46.7 Å². The molecule has 0 saturated carbocycles. The van der Waals surface area contributed by atoms with Gasteiger partial charge in [-0.3, -0.25) is 0 Å². The number of nitrogens with zero attached hydrogens (tertiary/aromatic N) is 4. The van der Waals surface area contributed by atoms with E-state index in [4.69, 9.17) is 0 Å². The van der Waals surface area contributed by atoms with Crippen LogP contribution in [0.15, 0.2) is 34.9 Å². The van der Waals surface area contributed by atoms with E-state index in [1.807, 2.05) is 29.2 Å². The zero-order chi connectivity index (χ0) is 21.5. The van der Waals surface area contributed by atoms with E-state index in [0.717, 1.165) is 60.7 Å². The second-order valence-electron chi connectivity index (χ2n) is 8.05. The number of piperidine rings is 1. The average molecular weight is 488 g/mol. The molecule has 2 fully saturated rings. The predicted octanol–water partition coefficient (Wildman–Crippen LogP) is 4.51. The number of hydrogen-bond donors (Lipinski definition) is 3. The second-order valence-corrected chi connectivity index (χ2v) is 8.90. The van der Waals surface area contributed by atoms with Gasteiger partial charge in [0.1, 0.15) is 5.82 Å². The molecular weight excluding hydrogens is 458 g/mol. The Balaban J connectivity index is 1.34. The molecule has 1 aromatic heterocycles. The Bertz CT molecular complexity index is 882. The van der Waals surface area contributed by atoms with Crippen molar-refractivity contribution in [2.75, 3.05) is 55.2 Å². The van der Waals surface area contributed by atoms with E-state index < -0.39 is 0 Å². The number of aromatic nitrogens is 2. The maximum atomic E-state index is 12.3. The Morgan fingerprint density at radius 2 is 1.77 bits per heavy atom. The van der Waals surface area contributed by atoms with Crippen LogP contribution in [-0.2, 0) is 0 Å². The molecule has 1 aromatic carbocycles. The Hall–Kier alpha value is -2.39. The summed E-state index contributed by atoms with van der Waals surface area (Å²) in [7, 11) is 0. The molecule has 0 radical (unpaired) electrons. The number of urea groups is 1. The van der Waals surface area contributed by atoms with Gasteiger partial charge in [0.05, 0.1) is 4.47 Å². The van der Waals surface area contributed by atoms with Crippen LogP contribution in [0, 0.1) is 0 Å². The van der Waals surface area contributed by atoms with Crippen LogP contribution in [0.3, 0.4) is 0 Å². The van der Waals surface area contributed by atoms with Crippen molar-refractivity contribution >= 4 is 45.1 Å². The lowest BCUT2D eigenvalue weighted by Gasteiger charge is -2.26. The monoisotopic (exact) mass is 487 g/mol. The van der Waals surface area contributed by atoms with Crippen molar-refractivity contribution in [3.05, 3.63) is 34.9 Å². The molecule has 0 aliphatic carbocycles. The molecule has 2 amide bonds. The molecular formula is C22H30BrN7O. The van der Waals surface area contributed by atoms with Gasteiger partial charge in [-0.05, 0) is 72.9 Å². The van der Waals surface area contributed by atoms with Crippen molar-refractivity contribution in [1.82, 2.24) is 19.8 Å². The van der Waals surface area contributed by atoms with E-state index in [1.165, 1.54) is 32.4 Å². The van der Waals surface area contributed by atoms with Crippen LogP contribution in [-0.4, -0.2) is 65.1 Å². The number of likely N-dealkylation sites (tertiary alicyclic amines) is 2. The van der Waals surface area contributed by atoms with Gasteiger partial charge in [-0.25, -0.2) is 9.78 Å². The summed E-state index contributed by atoms with van der Waals surface area (Å²) in [6.45, 7) is 5.87. The molecule has 2 saturated heterocycles. The summed E-state index contributed by atoms with van der Waals surface area (Å²) in [6.07, 6.45) is 7.83. The van der Waals surface area contributed by atoms with Crippen molar-refractivity contribution in [3.63, 3.8) is 0 Å². The van der Waals surface area contributed by atoms with Crippen molar-refractivity contribution in [2.45, 2.75) is 32.1 Å². The van der Waals surface area contributed by atoms with Crippen LogP contribution in [0.4, 0.5) is 27.9 Å². The number of anilines is 4. The minimum atomic E-state index is -0.0465. The number of hydrogen-bond acceptors (Lipinski definition) is 6. The van der Waals surface area contributed by atoms with Gasteiger partial charge in [-0.1, -0.05) is 12.5 Å². The molecule has 9 heteroatoms. The van der Waals surface area contributed by atoms with Gasteiger partial charge in [0.2, 0.25) is 5.95 Å². The molecule has 166 valence electrons. The van der Waals surface area contributed by atoms with Crippen molar-refractivity contribution in [3.8, 4) is 0 Å². The van der Waals surface area contributed by atoms with E-state index in [0.29, 0.717) is 5.95 Å². The zero-order valence-corrected chi connectivity index (χ0v) is 19.3. The molecule has 0 bridgehead atoms. The summed E-state index contributed by atoms with van der Waals surface area (Å²) >= 11 is 3.53. The van der Waals surface area contributed by atoms with Gasteiger partial charge in [0, 0.05) is 43.8 Å². The summed E-state index contributed by atoms with van der Waals surface area (Å²) < 4.78 is 0.836. The Labute approximate surface area is 191 Å². The van der Waals surface area contributed by atoms with Crippen LogP contribution in [0.2, 0.25) is 0 Å². The number of carbonyl (C=O) groups is 1. The molecule has 4 rings (SSSR count). The van der Waals surface area contributed by atoms with Gasteiger partial charge in [-0.2, -0.15) is 4.98 Å². The molecule has 31 heavy (non-hydrogen) atoms. The molecule has 0 spiro atoms. The van der Waals surface area contributed by atoms with Crippen molar-refractivity contribution < 1.29 is 4.79 Å². The Morgan fingerprint density at radius 1 is 1.03 bits per heavy atom. The number of halogens is 1. The summed E-state index contributed by atoms with van der Waals surface area (Å²) in [5.41, 5.74) is 1.57. The van der Waals surface area contributed by atoms with Gasteiger partial charge < -0.3 is 25.8 Å². The Kier molecular flexibility index (Phi) is 7.58. The molecule has 2 aliphatic heterocycles. The molecule has 0 unspecified atom stereocenters. The first kappa shape index (κ1) is 21.8. The predicted molar refractivity (Wildman–Crippen MR) is 128 cm³/mol. The number of rotatable bonds is 7. The number of amides is 2. The highest BCUT2D eigenvalue weighted by molar-refractivity contribution is 9.10. The molecule has 8 nitrogen and oxygen atoms in total. The molecule has 0 atom stereocenters. The first-order valence-electron chi connectivity index (χ1n) is 11.1. The second kappa shape index (κ2) is 10.8. The smallest absolute Gasteiger partial charge is 0.321 e. The number of benzene rings is 1. The minimum absolute atomic E-state index is 0.0465. The van der Waals surface area contributed by atoms with Gasteiger partial charge in [-0.15, -0.1) is 0 Å². The van der Waals surface area contributed by atoms with Crippen LogP contribution < -0.4 is 16.0 Å². The first-order chi connectivity index (χ1) is 15.2. The van der Waals surface area contributed by atoms with E-state index in [1.54, 1.807) is 6.20 Å². The van der Waals surface area contributed by atoms with Crippen LogP contribution in [0.25, 0.3) is 0 Å². The van der Waals surface area contributed by atoms with Gasteiger partial charge in [0.25, 0.3) is 0 Å². The van der Waals surface area contributed by atoms with Gasteiger partial charge >= 0.3 is 6.03 Å². The average Bonchev–Trinajstić information content (AvgIpc) is 3.32. The third-order valence-corrected chi connectivity index (χ3v) is 6.26. The fourth-order valence-corrected chi connectivity index (χ4v) is 4.32. The summed E-state index contributed by atoms with van der Waals surface area (Å²) in [5, 5.41) is 9.62. The standard InChI is InChI=1S/C22H30BrN7O/c23-19-16-25-21(28-20(19)24-9-14-29-10-2-1-3-11-29)26-17-7-6-8-18(15-17)27-22(31)30-12-4-5-13-30/h6-8,15-16H,1-5,9-14H2,(H,27,31)(H2,24,25,26,28). The fourth-order valence-electron chi connectivity index (χ4n) is 3.99. The summed E-state index contributed by atoms with van der Waals surface area (Å²) in [4.78, 5) is 25.7. The molecule has 3 N–H and O–H groups in total. The quantitative estimate of drug-likeness (QED) is 0.532. The van der Waals surface area contributed by atoms with E-state index in [9.17, 15) is 4.79 Å². The number of carbonyl (C=O) groups excluding carboxylic acids is 1. The lowest BCUT2D eigenvalue weighted by molar-refractivity contribution is 0.222. The third-order valence-electron chi connectivity index (χ3n) is 5.68. The normalized spacial score (nSPS) is 16.9. The van der Waals surface area contributed by atoms with Crippen molar-refractivity contribution in [1.29, 1.82) is 0 Å². The van der Waals surface area contributed by atoms with E-state index >= 15 is 0 Å². The topological polar surface area (TPSA) is 85.4 Å². The van der Waals surface area contributed by atoms with Crippen molar-refractivity contribution in [2.24, 2.45) is 0 Å². The largest absolute Gasteiger partial charge is 0.368 e. The van der Waals surface area contributed by atoms with Crippen LogP contribution in [0.5, 0.6) is 0 Å². The highest BCUT2D eigenvalue weighted by Crippen LogP contribution is 2.23. The summed E-state index contributed by atoms with van der Waals surface area (Å²) in [5.74, 6) is 1.28. The maximum Gasteiger partial charge on any atom is 0.321 e. The first-order valence-corrected chi connectivity index (χ1v) is 11.9. The molecule has 2 aliphatic rings. The lowest BCUT2D eigenvalue weighted by Crippen LogP contribution is -2.33. The van der Waals surface area contributed by atoms with E-state index in [-0.39, 0.29) is 6.03 Å².